The number of nitrogens with zero attached hydrogens (tertiary/aromatic N) is 2. The summed E-state index contributed by atoms with van der Waals surface area (Å²) in [4.78, 5) is 39.3. The summed E-state index contributed by atoms with van der Waals surface area (Å²) in [6.07, 6.45) is 7.53. The van der Waals surface area contributed by atoms with Crippen LogP contribution in [0.2, 0.25) is 5.02 Å². The molecule has 1 saturated heterocycles. The number of carboxylic acid groups (broad SMARTS) is 1. The molecule has 0 unspecified atom stereocenters. The molecule has 1 saturated carbocycles. The Morgan fingerprint density at radius 3 is 2.48 bits per heavy atom. The number of ether oxygens (including phenoxy) is 1. The summed E-state index contributed by atoms with van der Waals surface area (Å²) in [6.45, 7) is 2.16. The van der Waals surface area contributed by atoms with Gasteiger partial charge in [0.2, 0.25) is 11.8 Å². The highest BCUT2D eigenvalue weighted by Gasteiger charge is 2.33. The molecule has 2 fully saturated rings. The van der Waals surface area contributed by atoms with Crippen LogP contribution in [-0.2, 0) is 33.8 Å². The summed E-state index contributed by atoms with van der Waals surface area (Å²) in [5.41, 5.74) is 4.91. The van der Waals surface area contributed by atoms with Crippen molar-refractivity contribution in [3.63, 3.8) is 0 Å². The van der Waals surface area contributed by atoms with Crippen molar-refractivity contribution in [3.05, 3.63) is 63.7 Å². The van der Waals surface area contributed by atoms with Gasteiger partial charge in [-0.25, -0.2) is 0 Å². The molecule has 1 N–H and O–H groups in total. The van der Waals surface area contributed by atoms with Crippen molar-refractivity contribution in [3.8, 4) is 5.75 Å². The second kappa shape index (κ2) is 12.7. The Labute approximate surface area is 241 Å². The summed E-state index contributed by atoms with van der Waals surface area (Å²) in [5, 5.41) is 10.2. The summed E-state index contributed by atoms with van der Waals surface area (Å²) in [7, 11) is 1.69. The molecule has 7 nitrogen and oxygen atoms in total. The van der Waals surface area contributed by atoms with Crippen molar-refractivity contribution in [2.75, 3.05) is 20.2 Å². The highest BCUT2D eigenvalue weighted by molar-refractivity contribution is 6.30. The van der Waals surface area contributed by atoms with Crippen molar-refractivity contribution in [1.29, 1.82) is 0 Å². The van der Waals surface area contributed by atoms with Crippen LogP contribution in [0.1, 0.15) is 79.7 Å². The van der Waals surface area contributed by atoms with Crippen molar-refractivity contribution in [1.82, 2.24) is 9.80 Å². The van der Waals surface area contributed by atoms with Gasteiger partial charge in [0.05, 0.1) is 13.0 Å². The third kappa shape index (κ3) is 6.52. The van der Waals surface area contributed by atoms with E-state index in [1.807, 2.05) is 6.07 Å². The van der Waals surface area contributed by atoms with Gasteiger partial charge in [-0.3, -0.25) is 24.2 Å². The largest absolute Gasteiger partial charge is 0.496 e. The zero-order valence-electron chi connectivity index (χ0n) is 23.2. The molecule has 2 amide bonds. The number of carboxylic acids is 1. The van der Waals surface area contributed by atoms with Crippen molar-refractivity contribution < 1.29 is 24.2 Å². The van der Waals surface area contributed by atoms with Crippen LogP contribution in [0, 0.1) is 11.8 Å². The van der Waals surface area contributed by atoms with E-state index in [9.17, 15) is 19.5 Å². The molecule has 2 aliphatic carbocycles. The van der Waals surface area contributed by atoms with Gasteiger partial charge in [-0.15, -0.1) is 0 Å². The lowest BCUT2D eigenvalue weighted by molar-refractivity contribution is -0.143. The lowest BCUT2D eigenvalue weighted by Gasteiger charge is -2.35. The van der Waals surface area contributed by atoms with Gasteiger partial charge < -0.3 is 9.84 Å². The van der Waals surface area contributed by atoms with E-state index in [-0.39, 0.29) is 17.7 Å². The van der Waals surface area contributed by atoms with Crippen LogP contribution in [0.4, 0.5) is 0 Å². The Morgan fingerprint density at radius 1 is 1.02 bits per heavy atom. The van der Waals surface area contributed by atoms with Crippen molar-refractivity contribution in [2.45, 2.75) is 76.8 Å². The third-order valence-corrected chi connectivity index (χ3v) is 9.24. The molecule has 2 aromatic carbocycles. The summed E-state index contributed by atoms with van der Waals surface area (Å²) < 4.78 is 5.78. The standard InChI is InChI=1S/C32H39ClN2O5/c1-40-29-17-22(6-7-23(29)3-2-16-35-30(36)14-15-31(35)37)20-34(19-21-4-8-24(9-5-21)32(38)39)28-13-10-25-18-26(33)11-12-27(25)28/h6-7,11-12,17-18,21,24,28H,2-5,8-10,13-16,19-20H2,1H3,(H,38,39)/t21?,24?,28-/m1/s1. The minimum absolute atomic E-state index is 0.0698. The monoisotopic (exact) mass is 566 g/mol. The Hall–Kier alpha value is -2.90. The number of carbonyl (C=O) groups is 3. The highest BCUT2D eigenvalue weighted by Crippen LogP contribution is 2.40. The van der Waals surface area contributed by atoms with E-state index < -0.39 is 5.97 Å². The number of halogens is 1. The quantitative estimate of drug-likeness (QED) is 0.345. The normalized spacial score (nSPS) is 22.7. The Kier molecular flexibility index (Phi) is 9.11. The smallest absolute Gasteiger partial charge is 0.306 e. The maximum atomic E-state index is 11.9. The molecule has 1 atom stereocenters. The number of amides is 2. The lowest BCUT2D eigenvalue weighted by Crippen LogP contribution is -2.34. The van der Waals surface area contributed by atoms with E-state index in [4.69, 9.17) is 16.3 Å². The Morgan fingerprint density at radius 2 is 1.77 bits per heavy atom. The van der Waals surface area contributed by atoms with Crippen LogP contribution < -0.4 is 4.74 Å². The molecule has 1 aliphatic heterocycles. The molecule has 2 aromatic rings. The molecule has 40 heavy (non-hydrogen) atoms. The van der Waals surface area contributed by atoms with E-state index in [0.29, 0.717) is 37.8 Å². The second-order valence-electron chi connectivity index (χ2n) is 11.6. The first-order valence-electron chi connectivity index (χ1n) is 14.6. The predicted octanol–water partition coefficient (Wildman–Crippen LogP) is 5.81. The number of benzene rings is 2. The van der Waals surface area contributed by atoms with Gasteiger partial charge in [0.25, 0.3) is 0 Å². The predicted molar refractivity (Wildman–Crippen MR) is 153 cm³/mol. The number of hydrogen-bond donors (Lipinski definition) is 1. The average Bonchev–Trinajstić information content (AvgIpc) is 3.51. The van der Waals surface area contributed by atoms with Gasteiger partial charge in [-0.1, -0.05) is 29.8 Å². The number of carbonyl (C=O) groups excluding carboxylic acids is 2. The van der Waals surface area contributed by atoms with Gasteiger partial charge in [0.1, 0.15) is 5.75 Å². The Bertz CT molecular complexity index is 1240. The van der Waals surface area contributed by atoms with Crippen LogP contribution in [0.15, 0.2) is 36.4 Å². The molecular weight excluding hydrogens is 528 g/mol. The summed E-state index contributed by atoms with van der Waals surface area (Å²) in [5.74, 6) is 0.292. The molecule has 0 bridgehead atoms. The fourth-order valence-electron chi connectivity index (χ4n) is 6.80. The molecule has 3 aliphatic rings. The maximum absolute atomic E-state index is 11.9. The van der Waals surface area contributed by atoms with Gasteiger partial charge in [-0.2, -0.15) is 0 Å². The lowest BCUT2D eigenvalue weighted by atomic mass is 9.81. The second-order valence-corrected chi connectivity index (χ2v) is 12.0. The van der Waals surface area contributed by atoms with Crippen LogP contribution >= 0.6 is 11.6 Å². The molecule has 0 aromatic heterocycles. The number of methoxy groups -OCH3 is 1. The summed E-state index contributed by atoms with van der Waals surface area (Å²) >= 11 is 6.30. The van der Waals surface area contributed by atoms with E-state index >= 15 is 0 Å². The minimum Gasteiger partial charge on any atom is -0.496 e. The highest BCUT2D eigenvalue weighted by atomic mass is 35.5. The number of imide groups is 1. The number of aryl methyl sites for hydroxylation is 2. The fraction of sp³-hybridized carbons (Fsp3) is 0.531. The minimum atomic E-state index is -0.664. The molecule has 1 heterocycles. The van der Waals surface area contributed by atoms with Crippen LogP contribution in [0.25, 0.3) is 0 Å². The number of hydrogen-bond acceptors (Lipinski definition) is 5. The first kappa shape index (κ1) is 28.6. The van der Waals surface area contributed by atoms with Crippen LogP contribution in [-0.4, -0.2) is 52.9 Å². The van der Waals surface area contributed by atoms with E-state index in [1.165, 1.54) is 21.6 Å². The van der Waals surface area contributed by atoms with Gasteiger partial charge in [0, 0.05) is 43.5 Å². The molecule has 8 heteroatoms. The number of rotatable bonds is 11. The summed E-state index contributed by atoms with van der Waals surface area (Å²) in [6, 6.07) is 12.9. The average molecular weight is 567 g/mol. The maximum Gasteiger partial charge on any atom is 0.306 e. The Balaban J connectivity index is 1.29. The topological polar surface area (TPSA) is 87.2 Å². The van der Waals surface area contributed by atoms with E-state index in [0.717, 1.165) is 74.4 Å². The molecule has 0 spiro atoms. The van der Waals surface area contributed by atoms with Crippen LogP contribution in [0.3, 0.4) is 0 Å². The zero-order chi connectivity index (χ0) is 28.2. The molecular formula is C32H39ClN2O5. The first-order chi connectivity index (χ1) is 19.3. The van der Waals surface area contributed by atoms with Crippen molar-refractivity contribution >= 4 is 29.4 Å². The SMILES string of the molecule is COc1cc(CN(CC2CCC(C(=O)O)CC2)[C@@H]2CCc3cc(Cl)ccc32)ccc1CCCN1C(=O)CCC1=O. The van der Waals surface area contributed by atoms with E-state index in [2.05, 4.69) is 35.2 Å². The third-order valence-electron chi connectivity index (χ3n) is 9.00. The molecule has 214 valence electrons. The van der Waals surface area contributed by atoms with Crippen LogP contribution in [0.5, 0.6) is 5.75 Å². The van der Waals surface area contributed by atoms with Gasteiger partial charge >= 0.3 is 5.97 Å². The first-order valence-corrected chi connectivity index (χ1v) is 14.9. The number of fused-ring (bicyclic) bond motifs is 1. The number of likely N-dealkylation sites (tertiary alicyclic amines) is 1. The van der Waals surface area contributed by atoms with Gasteiger partial charge in [0.15, 0.2) is 0 Å². The molecule has 5 rings (SSSR count). The fourth-order valence-corrected chi connectivity index (χ4v) is 6.99. The van der Waals surface area contributed by atoms with E-state index in [1.54, 1.807) is 7.11 Å². The molecule has 0 radical (unpaired) electrons. The van der Waals surface area contributed by atoms with Crippen molar-refractivity contribution in [2.24, 2.45) is 11.8 Å². The zero-order valence-corrected chi connectivity index (χ0v) is 24.0. The van der Waals surface area contributed by atoms with Gasteiger partial charge in [-0.05, 0) is 97.7 Å². The number of aliphatic carboxylic acids is 1.